The molecule has 172 valence electrons. The zero-order chi connectivity index (χ0) is 23.4. The van der Waals surface area contributed by atoms with E-state index in [0.717, 1.165) is 5.56 Å². The lowest BCUT2D eigenvalue weighted by Gasteiger charge is -2.33. The molecule has 2 aromatic carbocycles. The van der Waals surface area contributed by atoms with Gasteiger partial charge in [0.25, 0.3) is 0 Å². The van der Waals surface area contributed by atoms with Crippen LogP contribution < -0.4 is 14.2 Å². The number of hydrogen-bond acceptors (Lipinski definition) is 8. The number of rotatable bonds is 9. The molecule has 0 spiro atoms. The van der Waals surface area contributed by atoms with Crippen LogP contribution in [0.3, 0.4) is 0 Å². The van der Waals surface area contributed by atoms with E-state index in [1.807, 2.05) is 0 Å². The van der Waals surface area contributed by atoms with E-state index in [4.69, 9.17) is 36.9 Å². The van der Waals surface area contributed by atoms with Crippen LogP contribution in [-0.2, 0) is 25.0 Å². The van der Waals surface area contributed by atoms with Crippen LogP contribution in [0.1, 0.15) is 32.3 Å². The second-order valence-corrected chi connectivity index (χ2v) is 9.13. The molecular formula is C20H20Cl2N2O7S. The number of benzene rings is 2. The Bertz CT molecular complexity index is 1120. The van der Waals surface area contributed by atoms with E-state index in [0.29, 0.717) is 34.3 Å². The van der Waals surface area contributed by atoms with E-state index < -0.39 is 22.1 Å². The average Bonchev–Trinajstić information content (AvgIpc) is 2.68. The third-order valence-corrected chi connectivity index (χ3v) is 5.47. The summed E-state index contributed by atoms with van der Waals surface area (Å²) in [6.45, 7) is 3.82. The van der Waals surface area contributed by atoms with Gasteiger partial charge < -0.3 is 13.7 Å². The maximum absolute atomic E-state index is 11.7. The number of carbonyl (C=O) groups is 1. The van der Waals surface area contributed by atoms with Gasteiger partial charge in [-0.05, 0) is 63.1 Å². The summed E-state index contributed by atoms with van der Waals surface area (Å²) in [5, 5.41) is 6.78. The first-order valence-corrected chi connectivity index (χ1v) is 11.5. The van der Waals surface area contributed by atoms with E-state index in [1.165, 1.54) is 30.5 Å². The topological polar surface area (TPSA) is 113 Å². The molecular weight excluding hydrogens is 483 g/mol. The minimum absolute atomic E-state index is 0.0491. The lowest BCUT2D eigenvalue weighted by atomic mass is 9.94. The molecule has 2 aromatic rings. The van der Waals surface area contributed by atoms with Gasteiger partial charge in [0.1, 0.15) is 17.1 Å². The molecule has 32 heavy (non-hydrogen) atoms. The first kappa shape index (κ1) is 24.0. The second-order valence-electron chi connectivity index (χ2n) is 7.15. The summed E-state index contributed by atoms with van der Waals surface area (Å²) in [5.41, 5.74) is 0.469. The van der Waals surface area contributed by atoms with Gasteiger partial charge in [0.2, 0.25) is 0 Å². The number of anilines is 1. The fraction of sp³-hybridized carbons (Fsp3) is 0.300. The molecule has 0 radical (unpaired) electrons. The summed E-state index contributed by atoms with van der Waals surface area (Å²) in [5.74, 6) is 0.485. The number of unbranched alkanes of at least 4 members (excludes halogenated alkanes) is 1. The number of nitrogens with one attached hydrogen (secondary N) is 1. The molecule has 0 aromatic heterocycles. The van der Waals surface area contributed by atoms with Crippen LogP contribution in [0.5, 0.6) is 11.5 Å². The zero-order valence-corrected chi connectivity index (χ0v) is 19.5. The van der Waals surface area contributed by atoms with Crippen molar-refractivity contribution in [3.8, 4) is 11.5 Å². The summed E-state index contributed by atoms with van der Waals surface area (Å²) in [6, 6.07) is 9.06. The normalized spacial score (nSPS) is 14.9. The number of carbonyl (C=O) groups excluding carboxylic acids is 1. The van der Waals surface area contributed by atoms with Crippen molar-refractivity contribution >= 4 is 51.6 Å². The number of fused-ring (bicyclic) bond motifs is 1. The third-order valence-electron chi connectivity index (χ3n) is 4.26. The second kappa shape index (κ2) is 9.85. The van der Waals surface area contributed by atoms with Crippen molar-refractivity contribution in [2.24, 2.45) is 5.16 Å². The van der Waals surface area contributed by atoms with Gasteiger partial charge in [-0.15, -0.1) is 8.42 Å². The standard InChI is InChI=1S/C20H20Cl2N2O7S/c1-20(2)15-11-18(16(22)12-17(15)24-19(25)29-20)28-10-4-3-9-23-31-32(26,27)30-14-7-5-13(21)6-8-14/h5-9,11-12H,3-4,10H2,1-2H3,(H,24,25). The molecule has 1 aliphatic rings. The van der Waals surface area contributed by atoms with E-state index in [1.54, 1.807) is 26.0 Å². The first-order valence-electron chi connectivity index (χ1n) is 9.43. The van der Waals surface area contributed by atoms with Gasteiger partial charge in [-0.2, -0.15) is 0 Å². The van der Waals surface area contributed by atoms with Crippen LogP contribution in [-0.4, -0.2) is 27.3 Å². The quantitative estimate of drug-likeness (QED) is 0.282. The summed E-state index contributed by atoms with van der Waals surface area (Å²) >= 11 is 12.0. The molecule has 0 unspecified atom stereocenters. The van der Waals surface area contributed by atoms with E-state index >= 15 is 0 Å². The smallest absolute Gasteiger partial charge is 0.492 e. The van der Waals surface area contributed by atoms with Crippen LogP contribution in [0.15, 0.2) is 41.6 Å². The Kier molecular flexibility index (Phi) is 7.37. The minimum atomic E-state index is -4.34. The van der Waals surface area contributed by atoms with E-state index in [9.17, 15) is 13.2 Å². The van der Waals surface area contributed by atoms with Crippen molar-refractivity contribution in [1.82, 2.24) is 0 Å². The Balaban J connectivity index is 1.46. The van der Waals surface area contributed by atoms with Gasteiger partial charge in [-0.3, -0.25) is 5.32 Å². The van der Waals surface area contributed by atoms with Crippen LogP contribution in [0, 0.1) is 0 Å². The Morgan fingerprint density at radius 2 is 1.91 bits per heavy atom. The molecule has 12 heteroatoms. The predicted octanol–water partition coefficient (Wildman–Crippen LogP) is 5.28. The molecule has 1 amide bonds. The average molecular weight is 503 g/mol. The van der Waals surface area contributed by atoms with Crippen LogP contribution >= 0.6 is 23.2 Å². The van der Waals surface area contributed by atoms with Gasteiger partial charge in [0, 0.05) is 16.8 Å². The van der Waals surface area contributed by atoms with Crippen molar-refractivity contribution in [2.45, 2.75) is 32.3 Å². The highest BCUT2D eigenvalue weighted by molar-refractivity contribution is 7.82. The summed E-state index contributed by atoms with van der Waals surface area (Å²) in [6.07, 6.45) is 1.63. The number of amides is 1. The maximum Gasteiger partial charge on any atom is 0.521 e. The van der Waals surface area contributed by atoms with E-state index in [-0.39, 0.29) is 12.4 Å². The van der Waals surface area contributed by atoms with Gasteiger partial charge in [0.15, 0.2) is 0 Å². The molecule has 0 saturated heterocycles. The van der Waals surface area contributed by atoms with Gasteiger partial charge in [-0.25, -0.2) is 9.08 Å². The predicted molar refractivity (Wildman–Crippen MR) is 120 cm³/mol. The molecule has 0 bridgehead atoms. The highest BCUT2D eigenvalue weighted by atomic mass is 35.5. The summed E-state index contributed by atoms with van der Waals surface area (Å²) < 4.78 is 43.6. The number of cyclic esters (lactones) is 1. The van der Waals surface area contributed by atoms with Crippen molar-refractivity contribution < 1.29 is 31.2 Å². The highest BCUT2D eigenvalue weighted by Gasteiger charge is 2.34. The summed E-state index contributed by atoms with van der Waals surface area (Å²) in [7, 11) is -4.34. The van der Waals surface area contributed by atoms with Crippen LogP contribution in [0.25, 0.3) is 0 Å². The number of hydrogen-bond donors (Lipinski definition) is 1. The monoisotopic (exact) mass is 502 g/mol. The molecule has 1 N–H and O–H groups in total. The maximum atomic E-state index is 11.7. The molecule has 0 aliphatic carbocycles. The van der Waals surface area contributed by atoms with Gasteiger partial charge >= 0.3 is 16.5 Å². The Hall–Kier alpha value is -2.69. The third kappa shape index (κ3) is 6.41. The van der Waals surface area contributed by atoms with Crippen molar-refractivity contribution in [2.75, 3.05) is 11.9 Å². The van der Waals surface area contributed by atoms with Crippen molar-refractivity contribution in [1.29, 1.82) is 0 Å². The van der Waals surface area contributed by atoms with Crippen molar-refractivity contribution in [3.05, 3.63) is 52.0 Å². The number of nitrogens with zero attached hydrogens (tertiary/aromatic N) is 1. The van der Waals surface area contributed by atoms with Gasteiger partial charge in [-0.1, -0.05) is 28.4 Å². The first-order chi connectivity index (χ1) is 15.1. The molecule has 0 saturated carbocycles. The molecule has 9 nitrogen and oxygen atoms in total. The fourth-order valence-electron chi connectivity index (χ4n) is 2.80. The lowest BCUT2D eigenvalue weighted by Crippen LogP contribution is -2.34. The Morgan fingerprint density at radius 1 is 1.19 bits per heavy atom. The van der Waals surface area contributed by atoms with E-state index in [2.05, 4.69) is 14.8 Å². The Labute approximate surface area is 195 Å². The molecule has 1 aliphatic heterocycles. The minimum Gasteiger partial charge on any atom is -0.492 e. The number of halogens is 2. The summed E-state index contributed by atoms with van der Waals surface area (Å²) in [4.78, 5) is 11.6. The number of oxime groups is 1. The molecule has 0 atom stereocenters. The van der Waals surface area contributed by atoms with Gasteiger partial charge in [0.05, 0.1) is 17.3 Å². The fourth-order valence-corrected chi connectivity index (χ4v) is 3.69. The lowest BCUT2D eigenvalue weighted by molar-refractivity contribution is 0.0418. The molecule has 3 rings (SSSR count). The molecule has 0 fully saturated rings. The number of ether oxygens (including phenoxy) is 2. The molecule has 1 heterocycles. The zero-order valence-electron chi connectivity index (χ0n) is 17.1. The SMILES string of the molecule is CC1(C)OC(=O)Nc2cc(Cl)c(OCCCC=NOS(=O)(=O)Oc3ccc(Cl)cc3)cc21. The largest absolute Gasteiger partial charge is 0.521 e. The van der Waals surface area contributed by atoms with Crippen LogP contribution in [0.2, 0.25) is 10.0 Å². The van der Waals surface area contributed by atoms with Crippen molar-refractivity contribution in [3.63, 3.8) is 0 Å². The van der Waals surface area contributed by atoms with Crippen LogP contribution in [0.4, 0.5) is 10.5 Å². The highest BCUT2D eigenvalue weighted by Crippen LogP contribution is 2.41. The Morgan fingerprint density at radius 3 is 2.62 bits per heavy atom.